The Hall–Kier alpha value is -2.01. The van der Waals surface area contributed by atoms with E-state index in [1.807, 2.05) is 31.0 Å². The predicted octanol–water partition coefficient (Wildman–Crippen LogP) is 3.56. The number of benzene rings is 1. The molecule has 0 amide bonds. The second kappa shape index (κ2) is 6.63. The van der Waals surface area contributed by atoms with Crippen LogP contribution in [0.25, 0.3) is 0 Å². The number of nitrogens with zero attached hydrogens (tertiary/aromatic N) is 2. The van der Waals surface area contributed by atoms with Crippen LogP contribution in [-0.2, 0) is 6.54 Å². The largest absolute Gasteiger partial charge is 0.491 e. The Labute approximate surface area is 123 Å². The highest BCUT2D eigenvalue weighted by atomic mass is 19.1. The maximum absolute atomic E-state index is 13.7. The van der Waals surface area contributed by atoms with Gasteiger partial charge in [-0.25, -0.2) is 8.78 Å². The van der Waals surface area contributed by atoms with Gasteiger partial charge >= 0.3 is 0 Å². The molecule has 1 atom stereocenters. The third-order valence-electron chi connectivity index (χ3n) is 3.54. The summed E-state index contributed by atoms with van der Waals surface area (Å²) in [6.07, 6.45) is 3.46. The van der Waals surface area contributed by atoms with E-state index in [0.717, 1.165) is 5.56 Å². The Balaban J connectivity index is 2.14. The topological polar surface area (TPSA) is 25.4 Å². The second-order valence-corrected chi connectivity index (χ2v) is 4.96. The Morgan fingerprint density at radius 1 is 1.19 bits per heavy atom. The Morgan fingerprint density at radius 3 is 2.29 bits per heavy atom. The standard InChI is InChI=1S/C16H18F2N2O/c1-11(13-4-6-19-7-5-13)20(2)10-12-8-14(17)16(21-3)15(18)9-12/h4-9,11H,10H2,1-3H3/t11-/m0/s1. The molecule has 2 aromatic rings. The Bertz CT molecular complexity index is 581. The van der Waals surface area contributed by atoms with Crippen molar-refractivity contribution < 1.29 is 13.5 Å². The fourth-order valence-corrected chi connectivity index (χ4v) is 2.22. The minimum absolute atomic E-state index is 0.112. The highest BCUT2D eigenvalue weighted by molar-refractivity contribution is 5.31. The molecule has 0 saturated heterocycles. The Kier molecular flexibility index (Phi) is 4.85. The molecule has 1 aromatic heterocycles. The minimum Gasteiger partial charge on any atom is -0.491 e. The van der Waals surface area contributed by atoms with Gasteiger partial charge in [-0.3, -0.25) is 9.88 Å². The van der Waals surface area contributed by atoms with E-state index < -0.39 is 11.6 Å². The summed E-state index contributed by atoms with van der Waals surface area (Å²) < 4.78 is 32.1. The van der Waals surface area contributed by atoms with Gasteiger partial charge in [0.15, 0.2) is 17.4 Å². The summed E-state index contributed by atoms with van der Waals surface area (Å²) in [5, 5.41) is 0. The molecule has 0 N–H and O–H groups in total. The van der Waals surface area contributed by atoms with Crippen molar-refractivity contribution in [1.29, 1.82) is 0 Å². The third kappa shape index (κ3) is 3.55. The number of hydrogen-bond acceptors (Lipinski definition) is 3. The minimum atomic E-state index is -0.683. The lowest BCUT2D eigenvalue weighted by Crippen LogP contribution is -2.22. The van der Waals surface area contributed by atoms with Crippen molar-refractivity contribution in [1.82, 2.24) is 9.88 Å². The van der Waals surface area contributed by atoms with Crippen molar-refractivity contribution in [3.05, 3.63) is 59.4 Å². The van der Waals surface area contributed by atoms with Crippen LogP contribution in [0.4, 0.5) is 8.78 Å². The van der Waals surface area contributed by atoms with E-state index in [-0.39, 0.29) is 11.8 Å². The van der Waals surface area contributed by atoms with Crippen LogP contribution < -0.4 is 4.74 Å². The van der Waals surface area contributed by atoms with Crippen LogP contribution in [0.3, 0.4) is 0 Å². The van der Waals surface area contributed by atoms with Gasteiger partial charge in [0.2, 0.25) is 0 Å². The molecule has 0 aliphatic heterocycles. The normalized spacial score (nSPS) is 12.5. The lowest BCUT2D eigenvalue weighted by atomic mass is 10.1. The summed E-state index contributed by atoms with van der Waals surface area (Å²) in [5.74, 6) is -1.71. The number of hydrogen-bond donors (Lipinski definition) is 0. The molecule has 3 nitrogen and oxygen atoms in total. The molecular formula is C16H18F2N2O. The van der Waals surface area contributed by atoms with Crippen LogP contribution in [0.5, 0.6) is 5.75 Å². The summed E-state index contributed by atoms with van der Waals surface area (Å²) in [6, 6.07) is 6.57. The van der Waals surface area contributed by atoms with Crippen LogP contribution in [-0.4, -0.2) is 24.0 Å². The summed E-state index contributed by atoms with van der Waals surface area (Å²) in [6.45, 7) is 2.47. The van der Waals surface area contributed by atoms with E-state index in [9.17, 15) is 8.78 Å². The molecule has 1 heterocycles. The van der Waals surface area contributed by atoms with Crippen molar-refractivity contribution >= 4 is 0 Å². The SMILES string of the molecule is COc1c(F)cc(CN(C)[C@@H](C)c2ccncc2)cc1F. The van der Waals surface area contributed by atoms with Crippen molar-refractivity contribution in [2.24, 2.45) is 0 Å². The number of halogens is 2. The van der Waals surface area contributed by atoms with Gasteiger partial charge in [0.05, 0.1) is 7.11 Å². The van der Waals surface area contributed by atoms with Crippen molar-refractivity contribution in [3.8, 4) is 5.75 Å². The van der Waals surface area contributed by atoms with Gasteiger partial charge in [0, 0.05) is 25.0 Å². The van der Waals surface area contributed by atoms with Gasteiger partial charge in [-0.1, -0.05) is 0 Å². The van der Waals surface area contributed by atoms with Crippen LogP contribution in [0, 0.1) is 11.6 Å². The van der Waals surface area contributed by atoms with Crippen molar-refractivity contribution in [2.75, 3.05) is 14.2 Å². The lowest BCUT2D eigenvalue weighted by Gasteiger charge is -2.25. The van der Waals surface area contributed by atoms with E-state index >= 15 is 0 Å². The number of methoxy groups -OCH3 is 1. The first-order chi connectivity index (χ1) is 10.0. The molecule has 0 bridgehead atoms. The maximum Gasteiger partial charge on any atom is 0.190 e. The van der Waals surface area contributed by atoms with E-state index in [4.69, 9.17) is 0 Å². The van der Waals surface area contributed by atoms with Crippen LogP contribution in [0.15, 0.2) is 36.7 Å². The zero-order valence-corrected chi connectivity index (χ0v) is 12.3. The highest BCUT2D eigenvalue weighted by Gasteiger charge is 2.15. The summed E-state index contributed by atoms with van der Waals surface area (Å²) in [5.41, 5.74) is 1.66. The number of rotatable bonds is 5. The molecule has 0 fully saturated rings. The molecule has 0 aliphatic rings. The van der Waals surface area contributed by atoms with E-state index in [2.05, 4.69) is 9.72 Å². The molecule has 1 aromatic carbocycles. The van der Waals surface area contributed by atoms with Crippen LogP contribution in [0.2, 0.25) is 0 Å². The predicted molar refractivity (Wildman–Crippen MR) is 77.0 cm³/mol. The first-order valence-corrected chi connectivity index (χ1v) is 6.65. The monoisotopic (exact) mass is 292 g/mol. The first-order valence-electron chi connectivity index (χ1n) is 6.65. The first kappa shape index (κ1) is 15.4. The van der Waals surface area contributed by atoms with E-state index in [1.165, 1.54) is 19.2 Å². The fraction of sp³-hybridized carbons (Fsp3) is 0.312. The van der Waals surface area contributed by atoms with E-state index in [1.54, 1.807) is 12.4 Å². The van der Waals surface area contributed by atoms with Crippen molar-refractivity contribution in [3.63, 3.8) is 0 Å². The molecule has 0 radical (unpaired) electrons. The molecule has 112 valence electrons. The van der Waals surface area contributed by atoms with E-state index in [0.29, 0.717) is 12.1 Å². The molecule has 21 heavy (non-hydrogen) atoms. The number of aromatic nitrogens is 1. The molecule has 0 saturated carbocycles. The summed E-state index contributed by atoms with van der Waals surface area (Å²) >= 11 is 0. The highest BCUT2D eigenvalue weighted by Crippen LogP contribution is 2.25. The third-order valence-corrected chi connectivity index (χ3v) is 3.54. The van der Waals surface area contributed by atoms with Gasteiger partial charge in [0.1, 0.15) is 0 Å². The average molecular weight is 292 g/mol. The molecule has 2 rings (SSSR count). The lowest BCUT2D eigenvalue weighted by molar-refractivity contribution is 0.251. The second-order valence-electron chi connectivity index (χ2n) is 4.96. The fourth-order valence-electron chi connectivity index (χ4n) is 2.22. The van der Waals surface area contributed by atoms with Crippen LogP contribution in [0.1, 0.15) is 24.1 Å². The molecular weight excluding hydrogens is 274 g/mol. The van der Waals surface area contributed by atoms with Crippen LogP contribution >= 0.6 is 0 Å². The number of pyridine rings is 1. The van der Waals surface area contributed by atoms with Crippen molar-refractivity contribution in [2.45, 2.75) is 19.5 Å². The summed E-state index contributed by atoms with van der Waals surface area (Å²) in [4.78, 5) is 5.99. The summed E-state index contributed by atoms with van der Waals surface area (Å²) in [7, 11) is 3.16. The maximum atomic E-state index is 13.7. The smallest absolute Gasteiger partial charge is 0.190 e. The quantitative estimate of drug-likeness (QED) is 0.842. The zero-order valence-electron chi connectivity index (χ0n) is 12.3. The van der Waals surface area contributed by atoms with Gasteiger partial charge < -0.3 is 4.74 Å². The van der Waals surface area contributed by atoms with Gasteiger partial charge in [-0.15, -0.1) is 0 Å². The van der Waals surface area contributed by atoms with Gasteiger partial charge in [-0.2, -0.15) is 0 Å². The van der Waals surface area contributed by atoms with Gasteiger partial charge in [0.25, 0.3) is 0 Å². The molecule has 0 spiro atoms. The molecule has 0 unspecified atom stereocenters. The van der Waals surface area contributed by atoms with Gasteiger partial charge in [-0.05, 0) is 49.4 Å². The Morgan fingerprint density at radius 2 is 1.76 bits per heavy atom. The zero-order chi connectivity index (χ0) is 15.4. The number of ether oxygens (including phenoxy) is 1. The molecule has 5 heteroatoms. The molecule has 0 aliphatic carbocycles. The average Bonchev–Trinajstić information content (AvgIpc) is 2.47.